The van der Waals surface area contributed by atoms with E-state index in [-0.39, 0.29) is 0 Å². The summed E-state index contributed by atoms with van der Waals surface area (Å²) in [6.07, 6.45) is 3.65. The number of aliphatic hydroxyl groups is 1. The molecule has 2 aliphatic heterocycles. The quantitative estimate of drug-likeness (QED) is 0.876. The van der Waals surface area contributed by atoms with Crippen molar-refractivity contribution in [1.29, 1.82) is 0 Å². The Morgan fingerprint density at radius 3 is 2.42 bits per heavy atom. The molecular weight excluding hydrogens is 342 g/mol. The van der Waals surface area contributed by atoms with Gasteiger partial charge in [0.05, 0.1) is 11.2 Å². The van der Waals surface area contributed by atoms with Crippen LogP contribution in [0.25, 0.3) is 0 Å². The molecular formula is C21H29N3OS. The lowest BCUT2D eigenvalue weighted by Gasteiger charge is -2.51. The first kappa shape index (κ1) is 18.1. The van der Waals surface area contributed by atoms with Gasteiger partial charge in [0, 0.05) is 37.5 Å². The van der Waals surface area contributed by atoms with Gasteiger partial charge < -0.3 is 5.11 Å². The molecule has 0 bridgehead atoms. The first-order valence-corrected chi connectivity index (χ1v) is 10.7. The van der Waals surface area contributed by atoms with Crippen molar-refractivity contribution >= 4 is 11.3 Å². The van der Waals surface area contributed by atoms with Crippen molar-refractivity contribution in [3.63, 3.8) is 0 Å². The molecule has 2 aliphatic rings. The average Bonchev–Trinajstić information content (AvgIpc) is 3.19. The Hall–Kier alpha value is -1.27. The van der Waals surface area contributed by atoms with E-state index in [4.69, 9.17) is 0 Å². The SMILES string of the molecule is OCC1CN(Cc2cscn2)CCC12CCN(Cc1ccccc1)CC2. The van der Waals surface area contributed by atoms with E-state index in [1.54, 1.807) is 11.3 Å². The number of likely N-dealkylation sites (tertiary alicyclic amines) is 2. The maximum absolute atomic E-state index is 10.1. The zero-order valence-electron chi connectivity index (χ0n) is 15.4. The Morgan fingerprint density at radius 2 is 1.77 bits per heavy atom. The van der Waals surface area contributed by atoms with Gasteiger partial charge in [-0.15, -0.1) is 11.3 Å². The third-order valence-electron chi connectivity index (χ3n) is 6.46. The van der Waals surface area contributed by atoms with Crippen LogP contribution in [-0.2, 0) is 13.1 Å². The van der Waals surface area contributed by atoms with Gasteiger partial charge in [0.15, 0.2) is 0 Å². The summed E-state index contributed by atoms with van der Waals surface area (Å²) in [5, 5.41) is 12.2. The number of hydrogen-bond donors (Lipinski definition) is 1. The number of thiazole rings is 1. The molecule has 1 N–H and O–H groups in total. The van der Waals surface area contributed by atoms with Crippen molar-refractivity contribution < 1.29 is 5.11 Å². The predicted octanol–water partition coefficient (Wildman–Crippen LogP) is 3.24. The fraction of sp³-hybridized carbons (Fsp3) is 0.571. The summed E-state index contributed by atoms with van der Waals surface area (Å²) in [6, 6.07) is 10.8. The van der Waals surface area contributed by atoms with Crippen LogP contribution in [0.3, 0.4) is 0 Å². The predicted molar refractivity (Wildman–Crippen MR) is 106 cm³/mol. The van der Waals surface area contributed by atoms with Crippen LogP contribution in [-0.4, -0.2) is 52.7 Å². The van der Waals surface area contributed by atoms with Crippen molar-refractivity contribution in [3.8, 4) is 0 Å². The molecule has 1 aromatic heterocycles. The van der Waals surface area contributed by atoms with E-state index in [1.165, 1.54) is 30.5 Å². The highest BCUT2D eigenvalue weighted by Crippen LogP contribution is 2.45. The smallest absolute Gasteiger partial charge is 0.0795 e. The summed E-state index contributed by atoms with van der Waals surface area (Å²) < 4.78 is 0. The third kappa shape index (κ3) is 4.01. The average molecular weight is 372 g/mol. The Morgan fingerprint density at radius 1 is 1.04 bits per heavy atom. The first-order chi connectivity index (χ1) is 12.8. The van der Waals surface area contributed by atoms with Crippen LogP contribution in [0.1, 0.15) is 30.5 Å². The van der Waals surface area contributed by atoms with Gasteiger partial charge >= 0.3 is 0 Å². The minimum Gasteiger partial charge on any atom is -0.396 e. The highest BCUT2D eigenvalue weighted by Gasteiger charge is 2.44. The van der Waals surface area contributed by atoms with Gasteiger partial charge in [0.25, 0.3) is 0 Å². The Bertz CT molecular complexity index is 668. The largest absolute Gasteiger partial charge is 0.396 e. The monoisotopic (exact) mass is 371 g/mol. The van der Waals surface area contributed by atoms with E-state index >= 15 is 0 Å². The van der Waals surface area contributed by atoms with Gasteiger partial charge in [-0.05, 0) is 49.9 Å². The lowest BCUT2D eigenvalue weighted by molar-refractivity contribution is -0.0452. The standard InChI is InChI=1S/C21H29N3OS/c25-15-19-13-24(14-20-16-26-17-22-20)11-8-21(19)6-9-23(10-7-21)12-18-4-2-1-3-5-18/h1-5,16-17,19,25H,6-15H2. The number of benzene rings is 1. The molecule has 1 spiro atoms. The second-order valence-corrected chi connectivity index (χ2v) is 8.69. The summed E-state index contributed by atoms with van der Waals surface area (Å²) >= 11 is 1.66. The fourth-order valence-corrected chi connectivity index (χ4v) is 5.33. The van der Waals surface area contributed by atoms with E-state index in [2.05, 4.69) is 50.5 Å². The Balaban J connectivity index is 1.34. The minimum absolute atomic E-state index is 0.312. The molecule has 26 heavy (non-hydrogen) atoms. The zero-order valence-corrected chi connectivity index (χ0v) is 16.2. The summed E-state index contributed by atoms with van der Waals surface area (Å²) in [5.74, 6) is 0.397. The van der Waals surface area contributed by atoms with Crippen molar-refractivity contribution in [2.24, 2.45) is 11.3 Å². The van der Waals surface area contributed by atoms with Crippen molar-refractivity contribution in [1.82, 2.24) is 14.8 Å². The maximum Gasteiger partial charge on any atom is 0.0795 e. The molecule has 0 aliphatic carbocycles. The molecule has 4 rings (SSSR count). The van der Waals surface area contributed by atoms with E-state index in [0.29, 0.717) is 17.9 Å². The molecule has 2 saturated heterocycles. The summed E-state index contributed by atoms with van der Waals surface area (Å²) in [6.45, 7) is 6.73. The lowest BCUT2D eigenvalue weighted by atomic mass is 9.64. The number of rotatable bonds is 5. The van der Waals surface area contributed by atoms with Crippen LogP contribution in [0.2, 0.25) is 0 Å². The molecule has 140 valence electrons. The summed E-state index contributed by atoms with van der Waals surface area (Å²) in [4.78, 5) is 9.49. The van der Waals surface area contributed by atoms with Gasteiger partial charge in [-0.2, -0.15) is 0 Å². The number of aromatic nitrogens is 1. The van der Waals surface area contributed by atoms with Crippen molar-refractivity contribution in [2.75, 3.05) is 32.8 Å². The number of aliphatic hydroxyl groups excluding tert-OH is 1. The van der Waals surface area contributed by atoms with Gasteiger partial charge in [-0.25, -0.2) is 4.98 Å². The second-order valence-electron chi connectivity index (χ2n) is 7.97. The van der Waals surface area contributed by atoms with E-state index in [0.717, 1.165) is 39.3 Å². The molecule has 1 unspecified atom stereocenters. The Labute approximate surface area is 160 Å². The molecule has 0 saturated carbocycles. The van der Waals surface area contributed by atoms with Crippen LogP contribution < -0.4 is 0 Å². The molecule has 0 amide bonds. The molecule has 4 nitrogen and oxygen atoms in total. The van der Waals surface area contributed by atoms with Crippen LogP contribution in [0.4, 0.5) is 0 Å². The summed E-state index contributed by atoms with van der Waals surface area (Å²) in [7, 11) is 0. The minimum atomic E-state index is 0.312. The maximum atomic E-state index is 10.1. The van der Waals surface area contributed by atoms with Crippen molar-refractivity contribution in [3.05, 3.63) is 52.5 Å². The van der Waals surface area contributed by atoms with E-state index in [1.807, 2.05) is 5.51 Å². The zero-order chi connectivity index (χ0) is 17.8. The number of nitrogens with zero attached hydrogens (tertiary/aromatic N) is 3. The number of hydrogen-bond acceptors (Lipinski definition) is 5. The number of piperidine rings is 2. The molecule has 1 atom stereocenters. The van der Waals surface area contributed by atoms with Crippen LogP contribution in [0.15, 0.2) is 41.2 Å². The normalized spacial score (nSPS) is 24.1. The van der Waals surface area contributed by atoms with Gasteiger partial charge in [0.1, 0.15) is 0 Å². The first-order valence-electron chi connectivity index (χ1n) is 9.74. The van der Waals surface area contributed by atoms with Crippen LogP contribution in [0, 0.1) is 11.3 Å². The topological polar surface area (TPSA) is 39.6 Å². The van der Waals surface area contributed by atoms with E-state index in [9.17, 15) is 5.11 Å². The highest BCUT2D eigenvalue weighted by molar-refractivity contribution is 7.07. The molecule has 1 aromatic carbocycles. The lowest BCUT2D eigenvalue weighted by Crippen LogP contribution is -2.53. The molecule has 5 heteroatoms. The molecule has 0 radical (unpaired) electrons. The van der Waals surface area contributed by atoms with Crippen LogP contribution >= 0.6 is 11.3 Å². The third-order valence-corrected chi connectivity index (χ3v) is 7.10. The van der Waals surface area contributed by atoms with Gasteiger partial charge in [-0.3, -0.25) is 9.80 Å². The Kier molecular flexibility index (Phi) is 5.69. The highest BCUT2D eigenvalue weighted by atomic mass is 32.1. The molecule has 2 aromatic rings. The van der Waals surface area contributed by atoms with Gasteiger partial charge in [-0.1, -0.05) is 30.3 Å². The fourth-order valence-electron chi connectivity index (χ4n) is 4.78. The molecule has 3 heterocycles. The molecule has 2 fully saturated rings. The summed E-state index contributed by atoms with van der Waals surface area (Å²) in [5.41, 5.74) is 4.81. The van der Waals surface area contributed by atoms with Crippen molar-refractivity contribution in [2.45, 2.75) is 32.4 Å². The van der Waals surface area contributed by atoms with Gasteiger partial charge in [0.2, 0.25) is 0 Å². The van der Waals surface area contributed by atoms with Crippen LogP contribution in [0.5, 0.6) is 0 Å². The second kappa shape index (κ2) is 8.17. The van der Waals surface area contributed by atoms with E-state index < -0.39 is 0 Å².